The van der Waals surface area contributed by atoms with Crippen molar-refractivity contribution in [3.05, 3.63) is 107 Å². The third-order valence-electron chi connectivity index (χ3n) is 4.64. The lowest BCUT2D eigenvalue weighted by Gasteiger charge is -2.09. The van der Waals surface area contributed by atoms with E-state index in [4.69, 9.17) is 4.74 Å². The van der Waals surface area contributed by atoms with Crippen molar-refractivity contribution in [1.82, 2.24) is 4.98 Å². The van der Waals surface area contributed by atoms with Crippen LogP contribution < -0.4 is 15.4 Å². The molecule has 0 aliphatic rings. The summed E-state index contributed by atoms with van der Waals surface area (Å²) in [5.74, 6) is -1.49. The Balaban J connectivity index is 1.31. The van der Waals surface area contributed by atoms with Crippen molar-refractivity contribution >= 4 is 34.0 Å². The maximum atomic E-state index is 13.8. The Morgan fingerprint density at radius 1 is 0.941 bits per heavy atom. The number of carbonyl (C=O) groups is 2. The molecule has 0 atom stereocenters. The van der Waals surface area contributed by atoms with Gasteiger partial charge in [0.2, 0.25) is 5.91 Å². The number of amides is 2. The maximum absolute atomic E-state index is 13.8. The molecule has 0 spiro atoms. The number of aromatic nitrogens is 1. The molecule has 1 heterocycles. The minimum atomic E-state index is -0.625. The molecule has 0 unspecified atom stereocenters. The van der Waals surface area contributed by atoms with E-state index in [1.54, 1.807) is 41.8 Å². The van der Waals surface area contributed by atoms with E-state index in [2.05, 4.69) is 15.6 Å². The molecule has 0 aliphatic carbocycles. The molecule has 4 aromatic rings. The average molecular weight is 480 g/mol. The first kappa shape index (κ1) is 23.1. The van der Waals surface area contributed by atoms with Gasteiger partial charge < -0.3 is 10.1 Å². The largest absolute Gasteiger partial charge is 0.489 e. The second-order valence-corrected chi connectivity index (χ2v) is 8.11. The molecule has 2 N–H and O–H groups in total. The molecule has 0 aliphatic heterocycles. The molecule has 1 aromatic heterocycles. The number of thiazole rings is 1. The van der Waals surface area contributed by atoms with Crippen LogP contribution in [-0.4, -0.2) is 16.8 Å². The fourth-order valence-corrected chi connectivity index (χ4v) is 3.79. The normalized spacial score (nSPS) is 10.5. The van der Waals surface area contributed by atoms with Crippen LogP contribution in [0, 0.1) is 11.6 Å². The van der Waals surface area contributed by atoms with Gasteiger partial charge in [0.05, 0.1) is 17.7 Å². The lowest BCUT2D eigenvalue weighted by Crippen LogP contribution is -2.15. The molecule has 2 amide bonds. The van der Waals surface area contributed by atoms with Gasteiger partial charge >= 0.3 is 0 Å². The number of nitrogens with one attached hydrogen (secondary N) is 2. The highest BCUT2D eigenvalue weighted by Crippen LogP contribution is 2.19. The van der Waals surface area contributed by atoms with E-state index < -0.39 is 11.7 Å². The highest BCUT2D eigenvalue weighted by Gasteiger charge is 2.14. The van der Waals surface area contributed by atoms with E-state index in [9.17, 15) is 18.4 Å². The fourth-order valence-electron chi connectivity index (χ4n) is 3.09. The quantitative estimate of drug-likeness (QED) is 0.353. The van der Waals surface area contributed by atoms with Crippen molar-refractivity contribution in [2.45, 2.75) is 13.0 Å². The number of anilines is 2. The van der Waals surface area contributed by atoms with E-state index in [0.717, 1.165) is 16.9 Å². The summed E-state index contributed by atoms with van der Waals surface area (Å²) in [6.07, 6.45) is -0.00388. The van der Waals surface area contributed by atoms with Gasteiger partial charge in [-0.05, 0) is 42.0 Å². The minimum Gasteiger partial charge on any atom is -0.489 e. The molecule has 0 bridgehead atoms. The second-order valence-electron chi connectivity index (χ2n) is 7.25. The standard InChI is InChI=1S/C25H19F2N3O3S/c26-17-6-4-8-20(12-17)33-14-16-5-3-7-18(11-16)28-23(31)13-19-15-34-25(29-19)30-24(32)21-9-1-2-10-22(21)27/h1-12,15H,13-14H2,(H,28,31)(H,29,30,32). The predicted molar refractivity (Wildman–Crippen MR) is 126 cm³/mol. The maximum Gasteiger partial charge on any atom is 0.260 e. The number of hydrogen-bond donors (Lipinski definition) is 2. The third-order valence-corrected chi connectivity index (χ3v) is 5.45. The Labute approximate surface area is 198 Å². The van der Waals surface area contributed by atoms with Crippen LogP contribution in [0.2, 0.25) is 0 Å². The number of halogens is 2. The molecular weight excluding hydrogens is 460 g/mol. The number of hydrogen-bond acceptors (Lipinski definition) is 5. The highest BCUT2D eigenvalue weighted by molar-refractivity contribution is 7.14. The predicted octanol–water partition coefficient (Wildman–Crippen LogP) is 5.43. The SMILES string of the molecule is O=C(Cc1csc(NC(=O)c2ccccc2F)n1)Nc1cccc(COc2cccc(F)c2)c1. The summed E-state index contributed by atoms with van der Waals surface area (Å²) in [5, 5.41) is 7.26. The monoisotopic (exact) mass is 479 g/mol. The Kier molecular flexibility index (Phi) is 7.24. The van der Waals surface area contributed by atoms with Gasteiger partial charge in [-0.15, -0.1) is 11.3 Å². The Morgan fingerprint density at radius 2 is 1.76 bits per heavy atom. The number of carbonyl (C=O) groups excluding carboxylic acids is 2. The molecule has 6 nitrogen and oxygen atoms in total. The van der Waals surface area contributed by atoms with Crippen molar-refractivity contribution in [2.24, 2.45) is 0 Å². The molecule has 34 heavy (non-hydrogen) atoms. The second kappa shape index (κ2) is 10.7. The smallest absolute Gasteiger partial charge is 0.260 e. The molecular formula is C25H19F2N3O3S. The van der Waals surface area contributed by atoms with E-state index >= 15 is 0 Å². The summed E-state index contributed by atoms with van der Waals surface area (Å²) < 4.78 is 32.6. The van der Waals surface area contributed by atoms with Crippen LogP contribution in [0.15, 0.2) is 78.2 Å². The van der Waals surface area contributed by atoms with Crippen LogP contribution in [0.1, 0.15) is 21.6 Å². The van der Waals surface area contributed by atoms with Gasteiger partial charge in [-0.1, -0.05) is 30.3 Å². The number of rotatable bonds is 8. The molecule has 0 fully saturated rings. The number of benzene rings is 3. The number of ether oxygens (including phenoxy) is 1. The van der Waals surface area contributed by atoms with Crippen molar-refractivity contribution < 1.29 is 23.1 Å². The van der Waals surface area contributed by atoms with Gasteiger partial charge in [0.15, 0.2) is 5.13 Å². The highest BCUT2D eigenvalue weighted by atomic mass is 32.1. The minimum absolute atomic E-state index is 0.00388. The van der Waals surface area contributed by atoms with Crippen molar-refractivity contribution in [2.75, 3.05) is 10.6 Å². The van der Waals surface area contributed by atoms with E-state index in [1.807, 2.05) is 6.07 Å². The lowest BCUT2D eigenvalue weighted by molar-refractivity contribution is -0.115. The topological polar surface area (TPSA) is 80.3 Å². The summed E-state index contributed by atoms with van der Waals surface area (Å²) in [7, 11) is 0. The lowest BCUT2D eigenvalue weighted by atomic mass is 10.2. The van der Waals surface area contributed by atoms with Gasteiger partial charge in [0.1, 0.15) is 24.0 Å². The van der Waals surface area contributed by atoms with Crippen LogP contribution in [0.5, 0.6) is 5.75 Å². The average Bonchev–Trinajstić information content (AvgIpc) is 3.24. The Hall–Kier alpha value is -4.11. The van der Waals surface area contributed by atoms with Crippen molar-refractivity contribution in [1.29, 1.82) is 0 Å². The first-order valence-corrected chi connectivity index (χ1v) is 11.1. The zero-order valence-electron chi connectivity index (χ0n) is 17.8. The molecule has 4 rings (SSSR count). The first-order chi connectivity index (χ1) is 16.5. The molecule has 3 aromatic carbocycles. The molecule has 172 valence electrons. The summed E-state index contributed by atoms with van der Waals surface area (Å²) in [6, 6.07) is 18.6. The van der Waals surface area contributed by atoms with Crippen LogP contribution in [-0.2, 0) is 17.8 Å². The zero-order chi connectivity index (χ0) is 23.9. The fraction of sp³-hybridized carbons (Fsp3) is 0.0800. The van der Waals surface area contributed by atoms with Gasteiger partial charge in [-0.2, -0.15) is 0 Å². The van der Waals surface area contributed by atoms with Crippen LogP contribution in [0.4, 0.5) is 19.6 Å². The molecule has 0 radical (unpaired) electrons. The van der Waals surface area contributed by atoms with Gasteiger partial charge in [-0.25, -0.2) is 13.8 Å². The van der Waals surface area contributed by atoms with E-state index in [1.165, 1.54) is 30.3 Å². The van der Waals surface area contributed by atoms with Crippen molar-refractivity contribution in [3.63, 3.8) is 0 Å². The van der Waals surface area contributed by atoms with Crippen LogP contribution in [0.25, 0.3) is 0 Å². The molecule has 9 heteroatoms. The van der Waals surface area contributed by atoms with E-state index in [0.29, 0.717) is 17.1 Å². The van der Waals surface area contributed by atoms with Gasteiger partial charge in [0, 0.05) is 17.1 Å². The Bertz CT molecular complexity index is 1330. The third kappa shape index (κ3) is 6.23. The van der Waals surface area contributed by atoms with Gasteiger partial charge in [-0.3, -0.25) is 14.9 Å². The molecule has 0 saturated heterocycles. The van der Waals surface area contributed by atoms with Gasteiger partial charge in [0.25, 0.3) is 5.91 Å². The van der Waals surface area contributed by atoms with E-state index in [-0.39, 0.29) is 35.4 Å². The Morgan fingerprint density at radius 3 is 2.59 bits per heavy atom. The number of nitrogens with zero attached hydrogens (tertiary/aromatic N) is 1. The van der Waals surface area contributed by atoms with Crippen LogP contribution >= 0.6 is 11.3 Å². The first-order valence-electron chi connectivity index (χ1n) is 10.2. The summed E-state index contributed by atoms with van der Waals surface area (Å²) in [4.78, 5) is 28.9. The summed E-state index contributed by atoms with van der Waals surface area (Å²) in [5.41, 5.74) is 1.76. The van der Waals surface area contributed by atoms with Crippen molar-refractivity contribution in [3.8, 4) is 5.75 Å². The zero-order valence-corrected chi connectivity index (χ0v) is 18.6. The summed E-state index contributed by atoms with van der Waals surface area (Å²) >= 11 is 1.15. The summed E-state index contributed by atoms with van der Waals surface area (Å²) in [6.45, 7) is 0.213. The molecule has 0 saturated carbocycles. The van der Waals surface area contributed by atoms with Crippen LogP contribution in [0.3, 0.4) is 0 Å².